The van der Waals surface area contributed by atoms with Gasteiger partial charge in [-0.2, -0.15) is 5.01 Å². The Bertz CT molecular complexity index is 108. The standard InChI is InChI=1S/C5H10N2O2/c8-4-5(9)7-3-1-2-6-7/h1-2,5-6,8-9H,3-4H2. The lowest BCUT2D eigenvalue weighted by Crippen LogP contribution is -2.42. The minimum atomic E-state index is -0.792. The Balaban J connectivity index is 2.27. The maximum atomic E-state index is 8.93. The summed E-state index contributed by atoms with van der Waals surface area (Å²) in [5.41, 5.74) is 2.75. The van der Waals surface area contributed by atoms with Crippen LogP contribution in [0, 0.1) is 0 Å². The van der Waals surface area contributed by atoms with Gasteiger partial charge in [0, 0.05) is 12.7 Å². The molecular weight excluding hydrogens is 120 g/mol. The van der Waals surface area contributed by atoms with Crippen LogP contribution in [0.25, 0.3) is 0 Å². The lowest BCUT2D eigenvalue weighted by atomic mass is 10.5. The Labute approximate surface area is 53.4 Å². The molecule has 1 aliphatic heterocycles. The van der Waals surface area contributed by atoms with Crippen LogP contribution in [0.15, 0.2) is 12.3 Å². The second-order valence-electron chi connectivity index (χ2n) is 1.85. The minimum absolute atomic E-state index is 0.241. The van der Waals surface area contributed by atoms with Crippen LogP contribution in [-0.4, -0.2) is 34.6 Å². The lowest BCUT2D eigenvalue weighted by Gasteiger charge is -2.20. The fraction of sp³-hybridized carbons (Fsp3) is 0.600. The Morgan fingerprint density at radius 2 is 2.56 bits per heavy atom. The van der Waals surface area contributed by atoms with Gasteiger partial charge in [0.05, 0.1) is 6.61 Å². The van der Waals surface area contributed by atoms with Crippen LogP contribution in [0.4, 0.5) is 0 Å². The number of nitrogens with one attached hydrogen (secondary N) is 1. The van der Waals surface area contributed by atoms with E-state index in [-0.39, 0.29) is 6.61 Å². The Hall–Kier alpha value is -0.580. The second-order valence-corrected chi connectivity index (χ2v) is 1.85. The molecule has 0 aromatic carbocycles. The topological polar surface area (TPSA) is 55.7 Å². The van der Waals surface area contributed by atoms with Gasteiger partial charge in [-0.05, 0) is 0 Å². The van der Waals surface area contributed by atoms with E-state index in [2.05, 4.69) is 5.43 Å². The highest BCUT2D eigenvalue weighted by Gasteiger charge is 2.13. The van der Waals surface area contributed by atoms with Crippen molar-refractivity contribution in [2.24, 2.45) is 0 Å². The zero-order chi connectivity index (χ0) is 6.69. The molecule has 0 saturated carbocycles. The molecule has 0 aliphatic carbocycles. The number of rotatable bonds is 2. The van der Waals surface area contributed by atoms with Crippen molar-refractivity contribution in [1.29, 1.82) is 0 Å². The van der Waals surface area contributed by atoms with Gasteiger partial charge in [0.1, 0.15) is 6.23 Å². The average Bonchev–Trinajstić information content (AvgIpc) is 2.37. The van der Waals surface area contributed by atoms with E-state index in [0.717, 1.165) is 0 Å². The highest BCUT2D eigenvalue weighted by molar-refractivity contribution is 4.89. The fourth-order valence-corrected chi connectivity index (χ4v) is 0.674. The monoisotopic (exact) mass is 130 g/mol. The van der Waals surface area contributed by atoms with Crippen molar-refractivity contribution in [2.75, 3.05) is 13.2 Å². The molecule has 0 aromatic heterocycles. The SMILES string of the molecule is OCC(O)N1CC=CN1. The fourth-order valence-electron chi connectivity index (χ4n) is 0.674. The van der Waals surface area contributed by atoms with Gasteiger partial charge in [-0.3, -0.25) is 0 Å². The third-order valence-electron chi connectivity index (χ3n) is 1.18. The Morgan fingerprint density at radius 3 is 3.00 bits per heavy atom. The molecule has 1 heterocycles. The highest BCUT2D eigenvalue weighted by Crippen LogP contribution is 1.95. The van der Waals surface area contributed by atoms with E-state index >= 15 is 0 Å². The molecule has 1 rings (SSSR count). The highest BCUT2D eigenvalue weighted by atomic mass is 16.3. The molecule has 1 aliphatic rings. The van der Waals surface area contributed by atoms with Crippen molar-refractivity contribution in [3.63, 3.8) is 0 Å². The number of hydrogen-bond acceptors (Lipinski definition) is 4. The number of nitrogens with zero attached hydrogens (tertiary/aromatic N) is 1. The summed E-state index contributed by atoms with van der Waals surface area (Å²) < 4.78 is 0. The first-order chi connectivity index (χ1) is 4.34. The average molecular weight is 130 g/mol. The normalized spacial score (nSPS) is 22.0. The molecule has 0 amide bonds. The summed E-state index contributed by atoms with van der Waals surface area (Å²) in [6, 6.07) is 0. The van der Waals surface area contributed by atoms with Crippen LogP contribution in [0.1, 0.15) is 0 Å². The van der Waals surface area contributed by atoms with Crippen molar-refractivity contribution in [1.82, 2.24) is 10.4 Å². The van der Waals surface area contributed by atoms with Crippen molar-refractivity contribution in [2.45, 2.75) is 6.23 Å². The molecule has 52 valence electrons. The molecular formula is C5H10N2O2. The zero-order valence-corrected chi connectivity index (χ0v) is 4.99. The lowest BCUT2D eigenvalue weighted by molar-refractivity contribution is -0.0427. The van der Waals surface area contributed by atoms with Crippen molar-refractivity contribution < 1.29 is 10.2 Å². The summed E-state index contributed by atoms with van der Waals surface area (Å²) >= 11 is 0. The van der Waals surface area contributed by atoms with Gasteiger partial charge >= 0.3 is 0 Å². The largest absolute Gasteiger partial charge is 0.392 e. The van der Waals surface area contributed by atoms with Crippen LogP contribution in [0.2, 0.25) is 0 Å². The predicted octanol–water partition coefficient (Wildman–Crippen LogP) is -1.37. The third kappa shape index (κ3) is 1.41. The molecule has 0 saturated heterocycles. The van der Waals surface area contributed by atoms with Gasteiger partial charge in [-0.1, -0.05) is 6.08 Å². The molecule has 0 bridgehead atoms. The predicted molar refractivity (Wildman–Crippen MR) is 32.1 cm³/mol. The Kier molecular flexibility index (Phi) is 2.05. The molecule has 0 spiro atoms. The van der Waals surface area contributed by atoms with E-state index in [0.29, 0.717) is 6.54 Å². The van der Waals surface area contributed by atoms with Gasteiger partial charge < -0.3 is 15.6 Å². The number of hydrazine groups is 1. The van der Waals surface area contributed by atoms with Crippen molar-refractivity contribution in [3.8, 4) is 0 Å². The van der Waals surface area contributed by atoms with Gasteiger partial charge in [0.25, 0.3) is 0 Å². The summed E-state index contributed by atoms with van der Waals surface area (Å²) in [7, 11) is 0. The molecule has 0 aromatic rings. The van der Waals surface area contributed by atoms with E-state index in [1.807, 2.05) is 6.08 Å². The van der Waals surface area contributed by atoms with E-state index in [4.69, 9.17) is 10.2 Å². The van der Waals surface area contributed by atoms with Crippen LogP contribution in [0.3, 0.4) is 0 Å². The summed E-state index contributed by atoms with van der Waals surface area (Å²) in [6.45, 7) is 0.399. The minimum Gasteiger partial charge on any atom is -0.392 e. The molecule has 3 N–H and O–H groups in total. The van der Waals surface area contributed by atoms with Gasteiger partial charge in [0.15, 0.2) is 0 Å². The molecule has 4 nitrogen and oxygen atoms in total. The number of aliphatic hydroxyl groups excluding tert-OH is 2. The first kappa shape index (κ1) is 6.54. The van der Waals surface area contributed by atoms with E-state index < -0.39 is 6.23 Å². The first-order valence-corrected chi connectivity index (χ1v) is 2.81. The van der Waals surface area contributed by atoms with E-state index in [1.165, 1.54) is 5.01 Å². The number of hydrogen-bond donors (Lipinski definition) is 3. The first-order valence-electron chi connectivity index (χ1n) is 2.81. The Morgan fingerprint density at radius 1 is 1.78 bits per heavy atom. The maximum Gasteiger partial charge on any atom is 0.147 e. The molecule has 0 fully saturated rings. The van der Waals surface area contributed by atoms with E-state index in [9.17, 15) is 0 Å². The summed E-state index contributed by atoms with van der Waals surface area (Å²) in [4.78, 5) is 0. The smallest absolute Gasteiger partial charge is 0.147 e. The van der Waals surface area contributed by atoms with Gasteiger partial charge in [0.2, 0.25) is 0 Å². The quantitative estimate of drug-likeness (QED) is 0.431. The molecule has 9 heavy (non-hydrogen) atoms. The molecule has 0 radical (unpaired) electrons. The van der Waals surface area contributed by atoms with Gasteiger partial charge in [-0.15, -0.1) is 0 Å². The van der Waals surface area contributed by atoms with E-state index in [1.54, 1.807) is 6.20 Å². The van der Waals surface area contributed by atoms with Crippen LogP contribution in [0.5, 0.6) is 0 Å². The van der Waals surface area contributed by atoms with Crippen LogP contribution < -0.4 is 5.43 Å². The zero-order valence-electron chi connectivity index (χ0n) is 4.99. The molecule has 1 unspecified atom stereocenters. The molecule has 1 atom stereocenters. The van der Waals surface area contributed by atoms with Gasteiger partial charge in [-0.25, -0.2) is 0 Å². The van der Waals surface area contributed by atoms with Crippen molar-refractivity contribution in [3.05, 3.63) is 12.3 Å². The summed E-state index contributed by atoms with van der Waals surface area (Å²) in [6.07, 6.45) is 2.79. The maximum absolute atomic E-state index is 8.93. The van der Waals surface area contributed by atoms with Crippen LogP contribution in [-0.2, 0) is 0 Å². The third-order valence-corrected chi connectivity index (χ3v) is 1.18. The summed E-state index contributed by atoms with van der Waals surface area (Å²) in [5.74, 6) is 0. The van der Waals surface area contributed by atoms with Crippen LogP contribution >= 0.6 is 0 Å². The number of aliphatic hydroxyl groups is 2. The van der Waals surface area contributed by atoms with Crippen molar-refractivity contribution >= 4 is 0 Å². The second kappa shape index (κ2) is 2.82. The summed E-state index contributed by atoms with van der Waals surface area (Å²) in [5, 5.41) is 18.9. The molecule has 4 heteroatoms.